The minimum absolute atomic E-state index is 0.00186. The van der Waals surface area contributed by atoms with E-state index in [2.05, 4.69) is 87.8 Å². The van der Waals surface area contributed by atoms with Gasteiger partial charge in [-0.3, -0.25) is 13.8 Å². The molecule has 0 radical (unpaired) electrons. The lowest BCUT2D eigenvalue weighted by Crippen LogP contribution is -2.46. The molecule has 3 aliphatic rings. The molecule has 0 bridgehead atoms. The lowest BCUT2D eigenvalue weighted by atomic mass is 9.97. The number of aryl methyl sites for hydroxylation is 1. The molecular formula is C55H64ClF3N6O8P2S2. The molecule has 4 heterocycles. The number of aromatic nitrogens is 1. The molecule has 0 spiro atoms. The lowest BCUT2D eigenvalue weighted by Gasteiger charge is -2.37. The fourth-order valence-corrected chi connectivity index (χ4v) is 15.3. The van der Waals surface area contributed by atoms with E-state index in [9.17, 15) is 26.2 Å². The molecule has 3 N–H and O–H groups in total. The van der Waals surface area contributed by atoms with Crippen LogP contribution in [0.2, 0.25) is 5.02 Å². The number of nitrogens with one attached hydrogen (secondary N) is 1. The molecule has 2 atom stereocenters. The maximum atomic E-state index is 15.0. The van der Waals surface area contributed by atoms with Gasteiger partial charge >= 0.3 is 20.9 Å². The molecule has 0 unspecified atom stereocenters. The molecule has 0 amide bonds. The predicted octanol–water partition coefficient (Wildman–Crippen LogP) is 12.1. The van der Waals surface area contributed by atoms with Crippen molar-refractivity contribution in [1.82, 2.24) is 9.47 Å². The molecule has 9 rings (SSSR count). The van der Waals surface area contributed by atoms with E-state index in [1.165, 1.54) is 34.3 Å². The maximum absolute atomic E-state index is 15.0. The number of halogens is 4. The first-order valence-electron chi connectivity index (χ1n) is 25.7. The van der Waals surface area contributed by atoms with Crippen molar-refractivity contribution in [2.24, 2.45) is 5.92 Å². The second-order valence-electron chi connectivity index (χ2n) is 20.0. The van der Waals surface area contributed by atoms with Crippen molar-refractivity contribution in [2.45, 2.75) is 67.4 Å². The molecule has 14 nitrogen and oxygen atoms in total. The first-order valence-corrected chi connectivity index (χ1v) is 31.7. The molecule has 3 aliphatic heterocycles. The van der Waals surface area contributed by atoms with Crippen LogP contribution in [0.1, 0.15) is 44.8 Å². The smallest absolute Gasteiger partial charge is 0.380 e. The van der Waals surface area contributed by atoms with Crippen LogP contribution in [0.25, 0.3) is 22.4 Å². The summed E-state index contributed by atoms with van der Waals surface area (Å²) in [4.78, 5) is 25.0. The van der Waals surface area contributed by atoms with E-state index in [0.717, 1.165) is 70.9 Å². The number of nitrogens with zero attached hydrogens (tertiary/aromatic N) is 5. The van der Waals surface area contributed by atoms with Crippen LogP contribution in [0.5, 0.6) is 0 Å². The van der Waals surface area contributed by atoms with Gasteiger partial charge in [0.15, 0.2) is 0 Å². The Hall–Kier alpha value is -4.78. The van der Waals surface area contributed by atoms with Gasteiger partial charge in [0, 0.05) is 88.8 Å². The number of sulfone groups is 1. The van der Waals surface area contributed by atoms with E-state index < -0.39 is 41.6 Å². The van der Waals surface area contributed by atoms with Gasteiger partial charge in [0.2, 0.25) is 0 Å². The van der Waals surface area contributed by atoms with E-state index in [0.29, 0.717) is 55.4 Å². The Morgan fingerprint density at radius 3 is 2.13 bits per heavy atom. The van der Waals surface area contributed by atoms with Gasteiger partial charge < -0.3 is 38.9 Å². The number of alkyl halides is 3. The topological polar surface area (TPSA) is 157 Å². The van der Waals surface area contributed by atoms with Gasteiger partial charge in [-0.15, -0.1) is 11.8 Å². The van der Waals surface area contributed by atoms with E-state index in [-0.39, 0.29) is 42.7 Å². The summed E-state index contributed by atoms with van der Waals surface area (Å²) in [7, 11) is -14.7. The SMILES string of the molecule is Cc1cc(-c2cccc(N3CCN(c4ccc(N5CCO[P@]5(=O)c5ccc(N[C@H](CCN6CCC(COP(=O)(O)O)CC6)CSc6ccccc6)c(S(=O)(=O)C(F)(F)F)c5)cc4)CC3)c2)c(-c2ccc(Cl)cc2)n1C(C)C. The first kappa shape index (κ1) is 56.9. The number of phosphoric ester groups is 1. The van der Waals surface area contributed by atoms with Crippen molar-refractivity contribution in [3.63, 3.8) is 0 Å². The number of piperazine rings is 1. The van der Waals surface area contributed by atoms with Gasteiger partial charge in [-0.25, -0.2) is 13.0 Å². The fourth-order valence-electron chi connectivity index (χ4n) is 10.5. The van der Waals surface area contributed by atoms with Crippen molar-refractivity contribution < 1.29 is 49.6 Å². The average molecular weight is 1160 g/mol. The van der Waals surface area contributed by atoms with Crippen LogP contribution in [-0.4, -0.2) is 111 Å². The van der Waals surface area contributed by atoms with E-state index in [1.807, 2.05) is 66.7 Å². The van der Waals surface area contributed by atoms with Gasteiger partial charge in [-0.1, -0.05) is 54.1 Å². The minimum Gasteiger partial charge on any atom is -0.380 e. The summed E-state index contributed by atoms with van der Waals surface area (Å²) in [5.41, 5.74) is 2.35. The summed E-state index contributed by atoms with van der Waals surface area (Å²) < 4.78 is 111. The Morgan fingerprint density at radius 1 is 0.818 bits per heavy atom. The third-order valence-corrected chi connectivity index (χ3v) is 20.5. The van der Waals surface area contributed by atoms with Gasteiger partial charge in [-0.05, 0) is 155 Å². The number of thioether (sulfide) groups is 1. The van der Waals surface area contributed by atoms with Crippen molar-refractivity contribution in [2.75, 3.05) is 91.1 Å². The molecular weight excluding hydrogens is 1090 g/mol. The highest BCUT2D eigenvalue weighted by Crippen LogP contribution is 2.56. The van der Waals surface area contributed by atoms with Crippen molar-refractivity contribution in [1.29, 1.82) is 0 Å². The zero-order chi connectivity index (χ0) is 54.7. The number of phosphoric acid groups is 1. The number of benzene rings is 5. The van der Waals surface area contributed by atoms with Gasteiger partial charge in [0.05, 0.1) is 36.4 Å². The van der Waals surface area contributed by atoms with Gasteiger partial charge in [-0.2, -0.15) is 13.2 Å². The third kappa shape index (κ3) is 13.3. The largest absolute Gasteiger partial charge is 0.501 e. The van der Waals surface area contributed by atoms with Crippen LogP contribution in [0.3, 0.4) is 0 Å². The van der Waals surface area contributed by atoms with Crippen LogP contribution in [0, 0.1) is 12.8 Å². The van der Waals surface area contributed by atoms with Gasteiger partial charge in [0.25, 0.3) is 9.84 Å². The van der Waals surface area contributed by atoms with E-state index in [1.54, 1.807) is 0 Å². The molecule has 412 valence electrons. The van der Waals surface area contributed by atoms with Gasteiger partial charge in [0.1, 0.15) is 4.90 Å². The lowest BCUT2D eigenvalue weighted by molar-refractivity contribution is -0.0435. The minimum atomic E-state index is -5.97. The molecule has 0 aliphatic carbocycles. The number of anilines is 4. The highest BCUT2D eigenvalue weighted by molar-refractivity contribution is 7.99. The quantitative estimate of drug-likeness (QED) is 0.0520. The second kappa shape index (κ2) is 23.9. The Bertz CT molecular complexity index is 3210. The summed E-state index contributed by atoms with van der Waals surface area (Å²) in [5, 5.41) is 3.65. The molecule has 77 heavy (non-hydrogen) atoms. The highest BCUT2D eigenvalue weighted by Gasteiger charge is 2.49. The summed E-state index contributed by atoms with van der Waals surface area (Å²) >= 11 is 7.76. The van der Waals surface area contributed by atoms with Crippen LogP contribution < -0.4 is 25.1 Å². The van der Waals surface area contributed by atoms with Crippen LogP contribution in [0.15, 0.2) is 137 Å². The summed E-state index contributed by atoms with van der Waals surface area (Å²) in [5.74, 6) is 0.334. The number of likely N-dealkylation sites (tertiary alicyclic amines) is 1. The first-order chi connectivity index (χ1) is 36.7. The van der Waals surface area contributed by atoms with E-state index >= 15 is 4.57 Å². The molecule has 22 heteroatoms. The monoisotopic (exact) mass is 1150 g/mol. The zero-order valence-corrected chi connectivity index (χ0v) is 47.2. The molecule has 0 saturated carbocycles. The summed E-state index contributed by atoms with van der Waals surface area (Å²) in [6, 6.07) is 39.0. The normalized spacial score (nSPS) is 18.6. The van der Waals surface area contributed by atoms with Crippen LogP contribution in [-0.2, 0) is 28.0 Å². The molecule has 6 aromatic rings. The van der Waals surface area contributed by atoms with Crippen LogP contribution in [0.4, 0.5) is 35.9 Å². The molecule has 3 fully saturated rings. The fraction of sp³-hybridized carbons (Fsp3) is 0.382. The number of rotatable bonds is 19. The Balaban J connectivity index is 0.894. The number of piperidine rings is 1. The Morgan fingerprint density at radius 2 is 1.48 bits per heavy atom. The van der Waals surface area contributed by atoms with Crippen molar-refractivity contribution in [3.05, 3.63) is 138 Å². The second-order valence-corrected chi connectivity index (χ2v) is 27.0. The molecule has 1 aromatic heterocycles. The zero-order valence-electron chi connectivity index (χ0n) is 43.1. The number of hydrogen-bond acceptors (Lipinski definition) is 11. The summed E-state index contributed by atoms with van der Waals surface area (Å²) in [6.07, 6.45) is 1.69. The molecule has 3 saturated heterocycles. The van der Waals surface area contributed by atoms with E-state index in [4.69, 9.17) is 30.4 Å². The van der Waals surface area contributed by atoms with Crippen molar-refractivity contribution >= 4 is 76.6 Å². The average Bonchev–Trinajstić information content (AvgIpc) is 4.06. The Labute approximate surface area is 458 Å². The number of hydrogen-bond donors (Lipinski definition) is 3. The summed E-state index contributed by atoms with van der Waals surface area (Å²) in [6.45, 7) is 11.3. The van der Waals surface area contributed by atoms with Crippen LogP contribution >= 0.6 is 38.7 Å². The third-order valence-electron chi connectivity index (χ3n) is 14.5. The molecule has 5 aromatic carbocycles. The Kier molecular flexibility index (Phi) is 17.7. The predicted molar refractivity (Wildman–Crippen MR) is 303 cm³/mol. The maximum Gasteiger partial charge on any atom is 0.501 e. The highest BCUT2D eigenvalue weighted by atomic mass is 35.5. The van der Waals surface area contributed by atoms with Crippen molar-refractivity contribution in [3.8, 4) is 22.4 Å². The standard InChI is InChI=1S/C55H64ClF3N6O8P2S2/c1-39(2)65-40(3)34-51(54(65)42-12-14-44(56)15-13-42)43-8-7-9-48(35-43)63-30-28-62(29-31-63)46-16-18-47(19-17-46)64-32-33-72-74(64,66)49-20-21-52(53(36-49)77(70,71)55(57,58)59)60-45(38-76-50-10-5-4-6-11-50)24-27-61-25-22-41(23-26-61)37-73-75(67,68)69/h4-21,34-36,39,41,45,60H,22-33,37-38H2,1-3H3,(H2,67,68,69)/t45-,74-/m1/s1.